The molecule has 0 saturated heterocycles. The van der Waals surface area contributed by atoms with Crippen molar-refractivity contribution in [3.63, 3.8) is 0 Å². The Bertz CT molecular complexity index is 590. The number of amides is 1. The number of thiazole rings is 1. The number of benzene rings is 1. The van der Waals surface area contributed by atoms with Crippen molar-refractivity contribution in [2.45, 2.75) is 10.8 Å². The minimum atomic E-state index is -0.0910. The standard InChI is InChI=1S/C13H11N3OS2/c14-9-10-3-1-2-4-11(10)16-12(17)5-7-18-13-15-6-8-19-13/h1-4,6,8H,5,7H2,(H,16,17). The fourth-order valence-corrected chi connectivity index (χ4v) is 3.06. The number of hydrogen-bond donors (Lipinski definition) is 1. The van der Waals surface area contributed by atoms with Crippen molar-refractivity contribution in [1.29, 1.82) is 5.26 Å². The second-order valence-electron chi connectivity index (χ2n) is 3.60. The molecule has 1 heterocycles. The summed E-state index contributed by atoms with van der Waals surface area (Å²) in [6.07, 6.45) is 2.14. The van der Waals surface area contributed by atoms with E-state index in [9.17, 15) is 4.79 Å². The predicted molar refractivity (Wildman–Crippen MR) is 77.2 cm³/mol. The van der Waals surface area contributed by atoms with Gasteiger partial charge in [-0.1, -0.05) is 23.9 Å². The third kappa shape index (κ3) is 4.09. The van der Waals surface area contributed by atoms with Crippen LogP contribution in [0.1, 0.15) is 12.0 Å². The van der Waals surface area contributed by atoms with Crippen LogP contribution in [0.3, 0.4) is 0 Å². The molecule has 0 bridgehead atoms. The van der Waals surface area contributed by atoms with Gasteiger partial charge in [0.15, 0.2) is 0 Å². The third-order valence-corrected chi connectivity index (χ3v) is 4.25. The first-order chi connectivity index (χ1) is 9.29. The van der Waals surface area contributed by atoms with Crippen LogP contribution in [0.2, 0.25) is 0 Å². The summed E-state index contributed by atoms with van der Waals surface area (Å²) in [4.78, 5) is 15.9. The Hall–Kier alpha value is -1.84. The molecule has 0 aliphatic heterocycles. The van der Waals surface area contributed by atoms with Gasteiger partial charge in [-0.15, -0.1) is 11.3 Å². The zero-order chi connectivity index (χ0) is 13.5. The van der Waals surface area contributed by atoms with E-state index in [2.05, 4.69) is 16.4 Å². The van der Waals surface area contributed by atoms with E-state index in [1.165, 1.54) is 0 Å². The number of thioether (sulfide) groups is 1. The molecule has 19 heavy (non-hydrogen) atoms. The van der Waals surface area contributed by atoms with Crippen molar-refractivity contribution in [3.05, 3.63) is 41.4 Å². The molecule has 1 N–H and O–H groups in total. The molecule has 0 aliphatic rings. The normalized spacial score (nSPS) is 9.84. The lowest BCUT2D eigenvalue weighted by molar-refractivity contribution is -0.115. The Labute approximate surface area is 119 Å². The number of anilines is 1. The Morgan fingerprint density at radius 2 is 2.32 bits per heavy atom. The van der Waals surface area contributed by atoms with Crippen molar-refractivity contribution in [2.75, 3.05) is 11.1 Å². The number of carbonyl (C=O) groups is 1. The van der Waals surface area contributed by atoms with E-state index in [0.717, 1.165) is 4.34 Å². The van der Waals surface area contributed by atoms with Gasteiger partial charge in [0.1, 0.15) is 10.4 Å². The zero-order valence-electron chi connectivity index (χ0n) is 10.00. The van der Waals surface area contributed by atoms with Gasteiger partial charge in [-0.05, 0) is 12.1 Å². The summed E-state index contributed by atoms with van der Waals surface area (Å²) in [7, 11) is 0. The molecule has 0 atom stereocenters. The number of para-hydroxylation sites is 1. The molecule has 1 aromatic heterocycles. The van der Waals surface area contributed by atoms with Crippen LogP contribution in [0.25, 0.3) is 0 Å². The minimum absolute atomic E-state index is 0.0910. The summed E-state index contributed by atoms with van der Waals surface area (Å²) in [6.45, 7) is 0. The number of carbonyl (C=O) groups excluding carboxylic acids is 1. The zero-order valence-corrected chi connectivity index (χ0v) is 11.6. The summed E-state index contributed by atoms with van der Waals surface area (Å²) in [5.74, 6) is 0.584. The molecule has 0 radical (unpaired) electrons. The maximum Gasteiger partial charge on any atom is 0.225 e. The molecule has 2 rings (SSSR count). The molecule has 4 nitrogen and oxygen atoms in total. The smallest absolute Gasteiger partial charge is 0.225 e. The van der Waals surface area contributed by atoms with Gasteiger partial charge in [-0.25, -0.2) is 4.98 Å². The Kier molecular flexibility index (Phi) is 4.95. The quantitative estimate of drug-likeness (QED) is 0.859. The largest absolute Gasteiger partial charge is 0.325 e. The third-order valence-electron chi connectivity index (χ3n) is 2.29. The van der Waals surface area contributed by atoms with E-state index >= 15 is 0 Å². The van der Waals surface area contributed by atoms with Crippen molar-refractivity contribution in [2.24, 2.45) is 0 Å². The molecule has 1 aromatic carbocycles. The van der Waals surface area contributed by atoms with Crippen LogP contribution < -0.4 is 5.32 Å². The Balaban J connectivity index is 1.83. The van der Waals surface area contributed by atoms with E-state index in [1.807, 2.05) is 5.38 Å². The van der Waals surface area contributed by atoms with Gasteiger partial charge in [0.2, 0.25) is 5.91 Å². The highest BCUT2D eigenvalue weighted by Crippen LogP contribution is 2.21. The van der Waals surface area contributed by atoms with Crippen molar-refractivity contribution >= 4 is 34.7 Å². The molecule has 96 valence electrons. The van der Waals surface area contributed by atoms with Gasteiger partial charge in [0, 0.05) is 23.8 Å². The molecular formula is C13H11N3OS2. The van der Waals surface area contributed by atoms with E-state index < -0.39 is 0 Å². The van der Waals surface area contributed by atoms with E-state index in [-0.39, 0.29) is 5.91 Å². The molecule has 6 heteroatoms. The van der Waals surface area contributed by atoms with Crippen molar-refractivity contribution in [3.8, 4) is 6.07 Å². The molecule has 0 fully saturated rings. The van der Waals surface area contributed by atoms with Crippen LogP contribution in [0.4, 0.5) is 5.69 Å². The first-order valence-corrected chi connectivity index (χ1v) is 7.47. The van der Waals surface area contributed by atoms with Gasteiger partial charge < -0.3 is 5.32 Å². The number of nitrogens with one attached hydrogen (secondary N) is 1. The fourth-order valence-electron chi connectivity index (χ4n) is 1.41. The van der Waals surface area contributed by atoms with Gasteiger partial charge in [0.05, 0.1) is 11.3 Å². The van der Waals surface area contributed by atoms with Gasteiger partial charge in [-0.3, -0.25) is 4.79 Å². The lowest BCUT2D eigenvalue weighted by Crippen LogP contribution is -2.13. The average molecular weight is 289 g/mol. The Morgan fingerprint density at radius 1 is 1.47 bits per heavy atom. The van der Waals surface area contributed by atoms with E-state index in [0.29, 0.717) is 23.4 Å². The van der Waals surface area contributed by atoms with Crippen LogP contribution in [-0.4, -0.2) is 16.6 Å². The minimum Gasteiger partial charge on any atom is -0.325 e. The monoisotopic (exact) mass is 289 g/mol. The highest BCUT2D eigenvalue weighted by atomic mass is 32.2. The lowest BCUT2D eigenvalue weighted by Gasteiger charge is -2.05. The number of nitrogens with zero attached hydrogens (tertiary/aromatic N) is 2. The van der Waals surface area contributed by atoms with Crippen LogP contribution in [0.5, 0.6) is 0 Å². The molecule has 0 saturated carbocycles. The maximum atomic E-state index is 11.8. The summed E-state index contributed by atoms with van der Waals surface area (Å²) < 4.78 is 0.963. The fraction of sp³-hybridized carbons (Fsp3) is 0.154. The van der Waals surface area contributed by atoms with Gasteiger partial charge in [-0.2, -0.15) is 5.26 Å². The summed E-state index contributed by atoms with van der Waals surface area (Å²) in [6, 6.07) is 9.02. The second-order valence-corrected chi connectivity index (χ2v) is 5.84. The van der Waals surface area contributed by atoms with Crippen LogP contribution in [-0.2, 0) is 4.79 Å². The lowest BCUT2D eigenvalue weighted by atomic mass is 10.2. The summed E-state index contributed by atoms with van der Waals surface area (Å²) >= 11 is 3.12. The van der Waals surface area contributed by atoms with Crippen molar-refractivity contribution < 1.29 is 4.79 Å². The molecule has 0 aliphatic carbocycles. The molecular weight excluding hydrogens is 278 g/mol. The summed E-state index contributed by atoms with van der Waals surface area (Å²) in [5.41, 5.74) is 1.04. The number of hydrogen-bond acceptors (Lipinski definition) is 5. The van der Waals surface area contributed by atoms with Crippen LogP contribution in [0, 0.1) is 11.3 Å². The molecule has 1 amide bonds. The van der Waals surface area contributed by atoms with E-state index in [1.54, 1.807) is 53.6 Å². The maximum absolute atomic E-state index is 11.8. The van der Waals surface area contributed by atoms with Gasteiger partial charge >= 0.3 is 0 Å². The predicted octanol–water partition coefficient (Wildman–Crippen LogP) is 3.14. The van der Waals surface area contributed by atoms with Gasteiger partial charge in [0.25, 0.3) is 0 Å². The van der Waals surface area contributed by atoms with Crippen molar-refractivity contribution in [1.82, 2.24) is 4.98 Å². The SMILES string of the molecule is N#Cc1ccccc1NC(=O)CCSc1nccs1. The Morgan fingerprint density at radius 3 is 3.05 bits per heavy atom. The highest BCUT2D eigenvalue weighted by molar-refractivity contribution is 8.01. The summed E-state index contributed by atoms with van der Waals surface area (Å²) in [5, 5.41) is 13.6. The second kappa shape index (κ2) is 6.92. The van der Waals surface area contributed by atoms with E-state index in [4.69, 9.17) is 5.26 Å². The molecule has 0 unspecified atom stereocenters. The first-order valence-electron chi connectivity index (χ1n) is 5.61. The topological polar surface area (TPSA) is 65.8 Å². The molecule has 2 aromatic rings. The van der Waals surface area contributed by atoms with Crippen LogP contribution >= 0.6 is 23.1 Å². The number of nitriles is 1. The number of aromatic nitrogens is 1. The first kappa shape index (κ1) is 13.6. The molecule has 0 spiro atoms. The average Bonchev–Trinajstić information content (AvgIpc) is 2.92. The number of rotatable bonds is 5. The highest BCUT2D eigenvalue weighted by Gasteiger charge is 2.06. The van der Waals surface area contributed by atoms with Crippen LogP contribution in [0.15, 0.2) is 40.2 Å².